The van der Waals surface area contributed by atoms with Crippen LogP contribution in [0, 0.1) is 19.7 Å². The SMILES string of the molecule is CNC(=O)c1ccc(C(=O)N2CCN(CC(=O)c3cc(C)n(-c4ccc(S(N)(=O)=O)cc4)c3C)CC2)cc1F. The molecule has 1 aromatic heterocycles. The fourth-order valence-electron chi connectivity index (χ4n) is 4.77. The third-order valence-corrected chi connectivity index (χ3v) is 7.80. The average molecular weight is 556 g/mol. The van der Waals surface area contributed by atoms with Crippen molar-refractivity contribution in [3.05, 3.63) is 82.4 Å². The molecule has 2 heterocycles. The number of aromatic nitrogens is 1. The first kappa shape index (κ1) is 28.1. The lowest BCUT2D eigenvalue weighted by atomic mass is 10.1. The first-order chi connectivity index (χ1) is 18.4. The van der Waals surface area contributed by atoms with Crippen molar-refractivity contribution < 1.29 is 27.2 Å². The number of ketones is 1. The van der Waals surface area contributed by atoms with E-state index in [2.05, 4.69) is 5.32 Å². The van der Waals surface area contributed by atoms with Gasteiger partial charge >= 0.3 is 0 Å². The molecule has 1 aliphatic rings. The number of carbonyl (C=O) groups excluding carboxylic acids is 3. The summed E-state index contributed by atoms with van der Waals surface area (Å²) >= 11 is 0. The zero-order valence-electron chi connectivity index (χ0n) is 21.9. The second-order valence-electron chi connectivity index (χ2n) is 9.42. The molecule has 2 aromatic carbocycles. The number of hydrogen-bond donors (Lipinski definition) is 2. The van der Waals surface area contributed by atoms with E-state index in [-0.39, 0.29) is 34.3 Å². The van der Waals surface area contributed by atoms with Crippen LogP contribution in [0.4, 0.5) is 4.39 Å². The van der Waals surface area contributed by atoms with Gasteiger partial charge in [0.25, 0.3) is 11.8 Å². The lowest BCUT2D eigenvalue weighted by Gasteiger charge is -2.34. The second-order valence-corrected chi connectivity index (χ2v) is 11.0. The molecule has 3 aromatic rings. The lowest BCUT2D eigenvalue weighted by molar-refractivity contribution is 0.0623. The van der Waals surface area contributed by atoms with Crippen LogP contribution in [-0.2, 0) is 10.0 Å². The normalized spacial score (nSPS) is 14.3. The van der Waals surface area contributed by atoms with Gasteiger partial charge in [-0.05, 0) is 62.4 Å². The van der Waals surface area contributed by atoms with Crippen LogP contribution < -0.4 is 10.5 Å². The van der Waals surface area contributed by atoms with Gasteiger partial charge in [-0.25, -0.2) is 17.9 Å². The Morgan fingerprint density at radius 1 is 0.949 bits per heavy atom. The molecule has 0 atom stereocenters. The summed E-state index contributed by atoms with van der Waals surface area (Å²) < 4.78 is 39.3. The Kier molecular flexibility index (Phi) is 8.00. The summed E-state index contributed by atoms with van der Waals surface area (Å²) in [6.07, 6.45) is 0. The van der Waals surface area contributed by atoms with Gasteiger partial charge in [0.2, 0.25) is 10.0 Å². The molecule has 0 spiro atoms. The molecule has 39 heavy (non-hydrogen) atoms. The first-order valence-electron chi connectivity index (χ1n) is 12.3. The monoisotopic (exact) mass is 555 g/mol. The van der Waals surface area contributed by atoms with Crippen LogP contribution in [0.15, 0.2) is 53.4 Å². The van der Waals surface area contributed by atoms with Crippen LogP contribution in [0.2, 0.25) is 0 Å². The van der Waals surface area contributed by atoms with Gasteiger partial charge in [0.15, 0.2) is 5.78 Å². The summed E-state index contributed by atoms with van der Waals surface area (Å²) in [5, 5.41) is 7.54. The number of amides is 2. The fraction of sp³-hybridized carbons (Fsp3) is 0.296. The van der Waals surface area contributed by atoms with E-state index in [1.165, 1.54) is 31.3 Å². The summed E-state index contributed by atoms with van der Waals surface area (Å²) in [5.41, 5.74) is 2.87. The molecule has 1 aliphatic heterocycles. The standard InChI is InChI=1S/C27H30FN5O5S/c1-17-14-23(18(2)33(17)20-5-7-21(8-6-20)39(29,37)38)25(34)16-31-10-12-32(13-11-31)27(36)19-4-9-22(24(28)15-19)26(35)30-3/h4-9,14-15H,10-13,16H2,1-3H3,(H,30,35)(H2,29,37,38). The molecule has 10 nitrogen and oxygen atoms in total. The van der Waals surface area contributed by atoms with Crippen LogP contribution in [0.5, 0.6) is 0 Å². The van der Waals surface area contributed by atoms with E-state index in [1.807, 2.05) is 29.4 Å². The minimum absolute atomic E-state index is 0.00804. The van der Waals surface area contributed by atoms with Crippen LogP contribution in [0.25, 0.3) is 5.69 Å². The molecule has 0 unspecified atom stereocenters. The lowest BCUT2D eigenvalue weighted by Crippen LogP contribution is -2.50. The third-order valence-electron chi connectivity index (χ3n) is 6.87. The van der Waals surface area contributed by atoms with Gasteiger partial charge in [-0.2, -0.15) is 0 Å². The van der Waals surface area contributed by atoms with E-state index in [9.17, 15) is 27.2 Å². The van der Waals surface area contributed by atoms with E-state index in [1.54, 1.807) is 17.0 Å². The molecule has 12 heteroatoms. The number of piperazine rings is 1. The van der Waals surface area contributed by atoms with Crippen molar-refractivity contribution in [2.45, 2.75) is 18.7 Å². The highest BCUT2D eigenvalue weighted by Gasteiger charge is 2.26. The number of Topliss-reactive ketones (excluding diaryl/α,β-unsaturated/α-hetero) is 1. The summed E-state index contributed by atoms with van der Waals surface area (Å²) in [4.78, 5) is 41.4. The predicted molar refractivity (Wildman–Crippen MR) is 143 cm³/mol. The highest BCUT2D eigenvalue weighted by Crippen LogP contribution is 2.23. The van der Waals surface area contributed by atoms with Crippen LogP contribution >= 0.6 is 0 Å². The molecule has 4 rings (SSSR count). The van der Waals surface area contributed by atoms with Gasteiger partial charge in [-0.3, -0.25) is 19.3 Å². The number of primary sulfonamides is 1. The number of hydrogen-bond acceptors (Lipinski definition) is 6. The van der Waals surface area contributed by atoms with Gasteiger partial charge in [0, 0.05) is 61.4 Å². The maximum Gasteiger partial charge on any atom is 0.254 e. The fourth-order valence-corrected chi connectivity index (χ4v) is 5.29. The van der Waals surface area contributed by atoms with Gasteiger partial charge in [-0.15, -0.1) is 0 Å². The number of sulfonamides is 1. The maximum absolute atomic E-state index is 14.3. The predicted octanol–water partition coefficient (Wildman–Crippen LogP) is 1.88. The number of carbonyl (C=O) groups is 3. The van der Waals surface area contributed by atoms with Gasteiger partial charge < -0.3 is 14.8 Å². The number of halogens is 1. The number of nitrogens with two attached hydrogens (primary N) is 1. The van der Waals surface area contributed by atoms with E-state index >= 15 is 0 Å². The third kappa shape index (κ3) is 5.92. The van der Waals surface area contributed by atoms with Crippen molar-refractivity contribution in [3.8, 4) is 5.69 Å². The topological polar surface area (TPSA) is 135 Å². The summed E-state index contributed by atoms with van der Waals surface area (Å²) in [5.74, 6) is -1.73. The summed E-state index contributed by atoms with van der Waals surface area (Å²) in [6.45, 7) is 5.58. The zero-order chi connectivity index (χ0) is 28.5. The number of nitrogens with one attached hydrogen (secondary N) is 1. The van der Waals surface area contributed by atoms with Gasteiger partial charge in [0.05, 0.1) is 17.0 Å². The minimum atomic E-state index is -3.80. The van der Waals surface area contributed by atoms with Crippen molar-refractivity contribution in [2.24, 2.45) is 5.14 Å². The number of nitrogens with zero attached hydrogens (tertiary/aromatic N) is 3. The molecular weight excluding hydrogens is 525 g/mol. The Hall–Kier alpha value is -3.87. The van der Waals surface area contributed by atoms with Gasteiger partial charge in [0.1, 0.15) is 5.82 Å². The molecule has 0 bridgehead atoms. The Labute approximate surface area is 226 Å². The molecule has 1 saturated heterocycles. The Balaban J connectivity index is 1.39. The summed E-state index contributed by atoms with van der Waals surface area (Å²) in [7, 11) is -2.40. The Morgan fingerprint density at radius 3 is 2.15 bits per heavy atom. The molecule has 206 valence electrons. The van der Waals surface area contributed by atoms with E-state index in [4.69, 9.17) is 5.14 Å². The molecular formula is C27H30FN5O5S. The highest BCUT2D eigenvalue weighted by molar-refractivity contribution is 7.89. The largest absolute Gasteiger partial charge is 0.355 e. The van der Waals surface area contributed by atoms with Gasteiger partial charge in [-0.1, -0.05) is 0 Å². The molecule has 0 radical (unpaired) electrons. The number of benzene rings is 2. The van der Waals surface area contributed by atoms with Crippen molar-refractivity contribution in [1.29, 1.82) is 0 Å². The average Bonchev–Trinajstić information content (AvgIpc) is 3.21. The molecule has 2 amide bonds. The smallest absolute Gasteiger partial charge is 0.254 e. The number of aryl methyl sites for hydroxylation is 1. The van der Waals surface area contributed by atoms with Crippen LogP contribution in [0.3, 0.4) is 0 Å². The summed E-state index contributed by atoms with van der Waals surface area (Å²) in [6, 6.07) is 11.7. The molecule has 3 N–H and O–H groups in total. The Bertz CT molecular complexity index is 1540. The van der Waals surface area contributed by atoms with Crippen molar-refractivity contribution in [2.75, 3.05) is 39.8 Å². The quantitative estimate of drug-likeness (QED) is 0.428. The molecule has 1 fully saturated rings. The van der Waals surface area contributed by atoms with E-state index < -0.39 is 21.7 Å². The first-order valence-corrected chi connectivity index (χ1v) is 13.8. The van der Waals surface area contributed by atoms with E-state index in [0.29, 0.717) is 37.4 Å². The molecule has 0 aliphatic carbocycles. The zero-order valence-corrected chi connectivity index (χ0v) is 22.7. The van der Waals surface area contributed by atoms with Crippen molar-refractivity contribution >= 4 is 27.6 Å². The van der Waals surface area contributed by atoms with Crippen LogP contribution in [0.1, 0.15) is 42.5 Å². The Morgan fingerprint density at radius 2 is 1.59 bits per heavy atom. The van der Waals surface area contributed by atoms with Crippen molar-refractivity contribution in [1.82, 2.24) is 19.7 Å². The second kappa shape index (κ2) is 11.1. The van der Waals surface area contributed by atoms with Crippen LogP contribution in [-0.4, -0.2) is 80.2 Å². The highest BCUT2D eigenvalue weighted by atomic mass is 32.2. The van der Waals surface area contributed by atoms with Crippen molar-refractivity contribution in [3.63, 3.8) is 0 Å². The minimum Gasteiger partial charge on any atom is -0.355 e. The molecule has 0 saturated carbocycles. The maximum atomic E-state index is 14.3. The van der Waals surface area contributed by atoms with E-state index in [0.717, 1.165) is 17.5 Å². The number of rotatable bonds is 7.